The first-order valence-electron chi connectivity index (χ1n) is 10.4. The lowest BCUT2D eigenvalue weighted by Gasteiger charge is -2.09. The fourth-order valence-corrected chi connectivity index (χ4v) is 3.32. The molecule has 0 aromatic heterocycles. The summed E-state index contributed by atoms with van der Waals surface area (Å²) in [5, 5.41) is 18.1. The van der Waals surface area contributed by atoms with E-state index in [1.165, 1.54) is 36.4 Å². The summed E-state index contributed by atoms with van der Waals surface area (Å²) in [7, 11) is 0. The molecule has 184 valence electrons. The van der Waals surface area contributed by atoms with Crippen LogP contribution in [0.4, 0.5) is 11.4 Å². The van der Waals surface area contributed by atoms with Gasteiger partial charge in [0.1, 0.15) is 5.75 Å². The number of rotatable bonds is 8. The van der Waals surface area contributed by atoms with Crippen LogP contribution in [-0.4, -0.2) is 28.9 Å². The molecule has 3 aromatic carbocycles. The van der Waals surface area contributed by atoms with Gasteiger partial charge in [-0.15, -0.1) is 0 Å². The molecule has 0 saturated carbocycles. The molecule has 0 aliphatic heterocycles. The molecular formula is C24H18Cl2N4O6. The maximum atomic E-state index is 12.6. The number of amides is 2. The molecule has 0 aliphatic rings. The Morgan fingerprint density at radius 3 is 2.42 bits per heavy atom. The normalized spacial score (nSPS) is 10.6. The van der Waals surface area contributed by atoms with Crippen molar-refractivity contribution in [2.75, 3.05) is 5.32 Å². The molecule has 2 N–H and O–H groups in total. The van der Waals surface area contributed by atoms with Crippen LogP contribution < -0.4 is 15.5 Å². The number of halogens is 2. The fraction of sp³-hybridized carbons (Fsp3) is 0.0833. The highest BCUT2D eigenvalue weighted by Gasteiger charge is 2.17. The second-order valence-electron chi connectivity index (χ2n) is 7.17. The van der Waals surface area contributed by atoms with E-state index in [1.807, 2.05) is 0 Å². The average molecular weight is 529 g/mol. The number of ether oxygens (including phenoxy) is 1. The van der Waals surface area contributed by atoms with Crippen molar-refractivity contribution in [2.24, 2.45) is 5.10 Å². The van der Waals surface area contributed by atoms with Crippen molar-refractivity contribution in [2.45, 2.75) is 13.3 Å². The van der Waals surface area contributed by atoms with Gasteiger partial charge in [0.25, 0.3) is 11.6 Å². The van der Waals surface area contributed by atoms with Gasteiger partial charge in [-0.2, -0.15) is 5.10 Å². The van der Waals surface area contributed by atoms with E-state index in [1.54, 1.807) is 19.1 Å². The smallest absolute Gasteiger partial charge is 0.345 e. The number of hydrogen-bond donors (Lipinski definition) is 2. The van der Waals surface area contributed by atoms with Crippen LogP contribution in [0.5, 0.6) is 5.75 Å². The number of non-ortho nitro benzene ring substituents is 1. The van der Waals surface area contributed by atoms with Crippen molar-refractivity contribution in [3.8, 4) is 5.75 Å². The summed E-state index contributed by atoms with van der Waals surface area (Å²) in [6.45, 7) is 1.72. The van der Waals surface area contributed by atoms with Crippen molar-refractivity contribution in [1.29, 1.82) is 0 Å². The van der Waals surface area contributed by atoms with Crippen molar-refractivity contribution in [1.82, 2.24) is 5.43 Å². The van der Waals surface area contributed by atoms with Gasteiger partial charge in [0.05, 0.1) is 21.7 Å². The summed E-state index contributed by atoms with van der Waals surface area (Å²) in [6, 6.07) is 13.8. The Balaban J connectivity index is 1.76. The third-order valence-corrected chi connectivity index (χ3v) is 5.23. The third kappa shape index (κ3) is 6.87. The number of benzene rings is 3. The fourth-order valence-electron chi connectivity index (χ4n) is 2.83. The number of anilines is 1. The van der Waals surface area contributed by atoms with E-state index in [0.717, 1.165) is 18.3 Å². The van der Waals surface area contributed by atoms with Crippen LogP contribution in [0.2, 0.25) is 10.0 Å². The maximum Gasteiger partial charge on any atom is 0.345 e. The average Bonchev–Trinajstić information content (AvgIpc) is 2.85. The van der Waals surface area contributed by atoms with Crippen LogP contribution in [0, 0.1) is 10.1 Å². The Bertz CT molecular complexity index is 1360. The number of hydrazone groups is 1. The standard InChI is InChI=1S/C24H18Cl2N4O6/c1-2-22(31)28-17-6-3-14(4-7-17)23(32)29-27-13-15-11-18(30(34)35)8-10-21(15)36-24(33)19-9-5-16(25)12-20(19)26/h3-13H,2H2,1H3,(H,28,31)(H,29,32)/b27-13+. The second-order valence-corrected chi connectivity index (χ2v) is 8.01. The van der Waals surface area contributed by atoms with Crippen LogP contribution >= 0.6 is 23.2 Å². The number of hydrogen-bond acceptors (Lipinski definition) is 7. The number of nitro groups is 1. The zero-order valence-electron chi connectivity index (χ0n) is 18.7. The molecule has 12 heteroatoms. The molecule has 0 aliphatic carbocycles. The molecular weight excluding hydrogens is 511 g/mol. The van der Waals surface area contributed by atoms with Gasteiger partial charge in [-0.25, -0.2) is 10.2 Å². The Morgan fingerprint density at radius 1 is 1.06 bits per heavy atom. The Labute approximate surface area is 215 Å². The molecule has 0 saturated heterocycles. The molecule has 0 spiro atoms. The number of nitro benzene ring substituents is 1. The van der Waals surface area contributed by atoms with E-state index >= 15 is 0 Å². The highest BCUT2D eigenvalue weighted by atomic mass is 35.5. The molecule has 2 amide bonds. The molecule has 0 fully saturated rings. The molecule has 0 bridgehead atoms. The van der Waals surface area contributed by atoms with Crippen LogP contribution in [0.3, 0.4) is 0 Å². The van der Waals surface area contributed by atoms with Crippen LogP contribution in [0.15, 0.2) is 65.8 Å². The van der Waals surface area contributed by atoms with E-state index < -0.39 is 16.8 Å². The van der Waals surface area contributed by atoms with Crippen molar-refractivity contribution >= 4 is 58.6 Å². The van der Waals surface area contributed by atoms with Gasteiger partial charge in [0.15, 0.2) is 0 Å². The molecule has 0 atom stereocenters. The van der Waals surface area contributed by atoms with Gasteiger partial charge in [0.2, 0.25) is 5.91 Å². The molecule has 3 aromatic rings. The van der Waals surface area contributed by atoms with E-state index in [2.05, 4.69) is 15.8 Å². The molecule has 3 rings (SSSR count). The van der Waals surface area contributed by atoms with Gasteiger partial charge < -0.3 is 10.1 Å². The minimum absolute atomic E-state index is 0.0363. The number of nitrogens with one attached hydrogen (secondary N) is 2. The van der Waals surface area contributed by atoms with Gasteiger partial charge in [-0.05, 0) is 48.5 Å². The Kier molecular flexibility index (Phi) is 8.71. The van der Waals surface area contributed by atoms with Crippen LogP contribution in [-0.2, 0) is 4.79 Å². The molecule has 0 heterocycles. The van der Waals surface area contributed by atoms with Gasteiger partial charge in [-0.3, -0.25) is 19.7 Å². The number of carbonyl (C=O) groups excluding carboxylic acids is 3. The quantitative estimate of drug-likeness (QED) is 0.135. The van der Waals surface area contributed by atoms with Crippen LogP contribution in [0.1, 0.15) is 39.6 Å². The first-order valence-corrected chi connectivity index (χ1v) is 11.1. The predicted octanol–water partition coefficient (Wildman–Crippen LogP) is 5.23. The summed E-state index contributed by atoms with van der Waals surface area (Å²) in [5.74, 6) is -1.61. The zero-order chi connectivity index (χ0) is 26.2. The summed E-state index contributed by atoms with van der Waals surface area (Å²) in [4.78, 5) is 47.0. The first-order chi connectivity index (χ1) is 17.2. The highest BCUT2D eigenvalue weighted by Crippen LogP contribution is 2.26. The molecule has 36 heavy (non-hydrogen) atoms. The second kappa shape index (κ2) is 11.9. The van der Waals surface area contributed by atoms with Crippen LogP contribution in [0.25, 0.3) is 0 Å². The lowest BCUT2D eigenvalue weighted by Crippen LogP contribution is -2.18. The first kappa shape index (κ1) is 26.3. The van der Waals surface area contributed by atoms with Gasteiger partial charge >= 0.3 is 5.97 Å². The summed E-state index contributed by atoms with van der Waals surface area (Å²) in [5.41, 5.74) is 2.89. The number of carbonyl (C=O) groups is 3. The minimum atomic E-state index is -0.820. The monoisotopic (exact) mass is 528 g/mol. The minimum Gasteiger partial charge on any atom is -0.422 e. The number of esters is 1. The van der Waals surface area contributed by atoms with E-state index in [4.69, 9.17) is 27.9 Å². The van der Waals surface area contributed by atoms with E-state index in [9.17, 15) is 24.5 Å². The zero-order valence-corrected chi connectivity index (χ0v) is 20.2. The van der Waals surface area contributed by atoms with Gasteiger partial charge in [0, 0.05) is 40.4 Å². The molecule has 10 nitrogen and oxygen atoms in total. The summed E-state index contributed by atoms with van der Waals surface area (Å²) < 4.78 is 5.36. The van der Waals surface area contributed by atoms with Crippen molar-refractivity contribution in [3.05, 3.63) is 97.5 Å². The largest absolute Gasteiger partial charge is 0.422 e. The van der Waals surface area contributed by atoms with Crippen molar-refractivity contribution in [3.63, 3.8) is 0 Å². The van der Waals surface area contributed by atoms with Crippen molar-refractivity contribution < 1.29 is 24.0 Å². The molecule has 0 radical (unpaired) electrons. The Morgan fingerprint density at radius 2 is 1.78 bits per heavy atom. The maximum absolute atomic E-state index is 12.6. The molecule has 0 unspecified atom stereocenters. The predicted molar refractivity (Wildman–Crippen MR) is 135 cm³/mol. The number of nitrogens with zero attached hydrogens (tertiary/aromatic N) is 2. The summed E-state index contributed by atoms with van der Waals surface area (Å²) in [6.07, 6.45) is 1.42. The highest BCUT2D eigenvalue weighted by molar-refractivity contribution is 6.36. The van der Waals surface area contributed by atoms with Gasteiger partial charge in [-0.1, -0.05) is 30.1 Å². The van der Waals surface area contributed by atoms with E-state index in [0.29, 0.717) is 17.1 Å². The SMILES string of the molecule is CCC(=O)Nc1ccc(C(=O)N/N=C/c2cc([N+](=O)[O-])ccc2OC(=O)c2ccc(Cl)cc2Cl)cc1. The lowest BCUT2D eigenvalue weighted by atomic mass is 10.2. The topological polar surface area (TPSA) is 140 Å². The third-order valence-electron chi connectivity index (χ3n) is 4.68. The summed E-state index contributed by atoms with van der Waals surface area (Å²) >= 11 is 11.9. The Hall–Kier alpha value is -4.28. The van der Waals surface area contributed by atoms with E-state index in [-0.39, 0.29) is 39.1 Å². The lowest BCUT2D eigenvalue weighted by molar-refractivity contribution is -0.384.